The second kappa shape index (κ2) is 7.48. The molecule has 0 unspecified atom stereocenters. The van der Waals surface area contributed by atoms with Crippen LogP contribution < -0.4 is 5.76 Å². The fourth-order valence-corrected chi connectivity index (χ4v) is 6.94. The molecule has 160 valence electrons. The molecule has 0 amide bonds. The van der Waals surface area contributed by atoms with Gasteiger partial charge in [-0.3, -0.25) is 9.59 Å². The molecule has 2 aromatic rings. The van der Waals surface area contributed by atoms with E-state index in [0.29, 0.717) is 17.8 Å². The van der Waals surface area contributed by atoms with Gasteiger partial charge in [0, 0.05) is 5.41 Å². The van der Waals surface area contributed by atoms with Crippen LogP contribution in [0, 0.1) is 23.2 Å². The number of ketones is 1. The largest absolute Gasteiger partial charge is 0.455 e. The van der Waals surface area contributed by atoms with Crippen molar-refractivity contribution in [2.45, 2.75) is 64.5 Å². The zero-order valence-electron chi connectivity index (χ0n) is 17.0. The standard InChI is InChI=1S/C22H26N2O5S/c1-13(19(26)22-10-14-7-15(11-22)9-16(8-14)12-22)28-18(25)4-5-24-21(27)29-20(23-24)17-3-2-6-30-17/h2-3,6,13-16H,4-5,7-12H2,1H3/t13-,14?,15?,16?,22?/m1/s1. The Balaban J connectivity index is 1.18. The number of Topliss-reactive ketones (excluding diaryl/α,β-unsaturated/α-hetero) is 1. The zero-order valence-corrected chi connectivity index (χ0v) is 17.9. The SMILES string of the molecule is C[C@@H](OC(=O)CCn1nc(-c2cccs2)oc1=O)C(=O)C12CC3CC(CC(C3)C1)C2. The van der Waals surface area contributed by atoms with Gasteiger partial charge >= 0.3 is 11.7 Å². The van der Waals surface area contributed by atoms with Crippen LogP contribution >= 0.6 is 11.3 Å². The first-order valence-electron chi connectivity index (χ1n) is 10.8. The van der Waals surface area contributed by atoms with Crippen LogP contribution in [-0.4, -0.2) is 27.6 Å². The fourth-order valence-electron chi connectivity index (χ4n) is 6.30. The summed E-state index contributed by atoms with van der Waals surface area (Å²) in [6, 6.07) is 3.66. The molecule has 0 spiro atoms. The third-order valence-electron chi connectivity index (χ3n) is 7.10. The molecule has 0 N–H and O–H groups in total. The van der Waals surface area contributed by atoms with Gasteiger partial charge in [0.25, 0.3) is 5.89 Å². The number of carbonyl (C=O) groups excluding carboxylic acids is 2. The van der Waals surface area contributed by atoms with Crippen molar-refractivity contribution in [3.63, 3.8) is 0 Å². The first kappa shape index (κ1) is 19.7. The van der Waals surface area contributed by atoms with Crippen molar-refractivity contribution in [1.29, 1.82) is 0 Å². The summed E-state index contributed by atoms with van der Waals surface area (Å²) in [5.74, 6) is 1.23. The van der Waals surface area contributed by atoms with Crippen LogP contribution in [0.15, 0.2) is 26.7 Å². The summed E-state index contributed by atoms with van der Waals surface area (Å²) in [5, 5.41) is 6.01. The van der Waals surface area contributed by atoms with Crippen molar-refractivity contribution in [2.24, 2.45) is 23.2 Å². The van der Waals surface area contributed by atoms with Gasteiger partial charge < -0.3 is 9.15 Å². The maximum Gasteiger partial charge on any atom is 0.437 e. The normalized spacial score (nSPS) is 30.4. The van der Waals surface area contributed by atoms with Gasteiger partial charge in [-0.1, -0.05) is 6.07 Å². The molecule has 0 aromatic carbocycles. The minimum Gasteiger partial charge on any atom is -0.455 e. The lowest BCUT2D eigenvalue weighted by Gasteiger charge is -2.56. The summed E-state index contributed by atoms with van der Waals surface area (Å²) in [5.41, 5.74) is -0.285. The number of aryl methyl sites for hydroxylation is 1. The van der Waals surface area contributed by atoms with Crippen molar-refractivity contribution in [2.75, 3.05) is 0 Å². The van der Waals surface area contributed by atoms with Gasteiger partial charge in [0.15, 0.2) is 11.9 Å². The molecule has 2 aromatic heterocycles. The third-order valence-corrected chi connectivity index (χ3v) is 7.96. The Morgan fingerprint density at radius 1 is 1.27 bits per heavy atom. The zero-order chi connectivity index (χ0) is 20.9. The summed E-state index contributed by atoms with van der Waals surface area (Å²) < 4.78 is 11.8. The quantitative estimate of drug-likeness (QED) is 0.623. The van der Waals surface area contributed by atoms with Gasteiger partial charge in [-0.15, -0.1) is 16.4 Å². The molecule has 4 aliphatic carbocycles. The minimum atomic E-state index is -0.746. The molecule has 6 rings (SSSR count). The number of hydrogen-bond donors (Lipinski definition) is 0. The van der Waals surface area contributed by atoms with Crippen molar-refractivity contribution in [3.05, 3.63) is 28.1 Å². The molecule has 2 heterocycles. The van der Waals surface area contributed by atoms with E-state index >= 15 is 0 Å². The van der Waals surface area contributed by atoms with Crippen molar-refractivity contribution in [3.8, 4) is 10.8 Å². The Labute approximate surface area is 178 Å². The molecule has 4 aliphatic rings. The molecule has 7 nitrogen and oxygen atoms in total. The first-order valence-corrected chi connectivity index (χ1v) is 11.7. The van der Waals surface area contributed by atoms with E-state index in [1.54, 1.807) is 6.92 Å². The molecular weight excluding hydrogens is 404 g/mol. The van der Waals surface area contributed by atoms with Crippen LogP contribution in [-0.2, 0) is 20.9 Å². The van der Waals surface area contributed by atoms with E-state index in [1.807, 2.05) is 17.5 Å². The average molecular weight is 431 g/mol. The summed E-state index contributed by atoms with van der Waals surface area (Å²) in [6.45, 7) is 1.75. The number of ether oxygens (including phenoxy) is 1. The number of carbonyl (C=O) groups is 2. The molecule has 30 heavy (non-hydrogen) atoms. The molecule has 4 fully saturated rings. The maximum absolute atomic E-state index is 13.2. The number of nitrogens with zero attached hydrogens (tertiary/aromatic N) is 2. The maximum atomic E-state index is 13.2. The highest BCUT2D eigenvalue weighted by molar-refractivity contribution is 7.13. The van der Waals surface area contributed by atoms with E-state index in [0.717, 1.165) is 28.8 Å². The Bertz CT molecular complexity index is 970. The summed E-state index contributed by atoms with van der Waals surface area (Å²) in [6.07, 6.45) is 5.89. The Hall–Kier alpha value is -2.22. The number of rotatable bonds is 7. The molecule has 0 saturated heterocycles. The molecular formula is C22H26N2O5S. The molecule has 1 atom stereocenters. The van der Waals surface area contributed by atoms with Crippen molar-refractivity contribution >= 4 is 23.1 Å². The van der Waals surface area contributed by atoms with Crippen LogP contribution in [0.1, 0.15) is 51.9 Å². The van der Waals surface area contributed by atoms with Gasteiger partial charge in [0.2, 0.25) is 0 Å². The Kier molecular flexibility index (Phi) is 4.92. The Morgan fingerprint density at radius 2 is 1.93 bits per heavy atom. The van der Waals surface area contributed by atoms with E-state index in [2.05, 4.69) is 5.10 Å². The highest BCUT2D eigenvalue weighted by atomic mass is 32.1. The lowest BCUT2D eigenvalue weighted by molar-refractivity contribution is -0.165. The van der Waals surface area contributed by atoms with Gasteiger partial charge in [-0.25, -0.2) is 4.79 Å². The van der Waals surface area contributed by atoms with Gasteiger partial charge in [-0.2, -0.15) is 4.68 Å². The highest BCUT2D eigenvalue weighted by Gasteiger charge is 2.55. The van der Waals surface area contributed by atoms with Crippen LogP contribution in [0.5, 0.6) is 0 Å². The Morgan fingerprint density at radius 3 is 2.53 bits per heavy atom. The first-order chi connectivity index (χ1) is 14.4. The highest BCUT2D eigenvalue weighted by Crippen LogP contribution is 2.60. The minimum absolute atomic E-state index is 0.0329. The number of thiophene rings is 1. The third kappa shape index (κ3) is 3.55. The van der Waals surface area contributed by atoms with Crippen LogP contribution in [0.2, 0.25) is 0 Å². The summed E-state index contributed by atoms with van der Waals surface area (Å²) in [7, 11) is 0. The summed E-state index contributed by atoms with van der Waals surface area (Å²) >= 11 is 1.42. The van der Waals surface area contributed by atoms with E-state index in [-0.39, 0.29) is 30.1 Å². The second-order valence-electron chi connectivity index (χ2n) is 9.32. The lowest BCUT2D eigenvalue weighted by Crippen LogP contribution is -2.52. The predicted molar refractivity (Wildman–Crippen MR) is 110 cm³/mol. The van der Waals surface area contributed by atoms with E-state index in [4.69, 9.17) is 9.15 Å². The number of aromatic nitrogens is 2. The summed E-state index contributed by atoms with van der Waals surface area (Å²) in [4.78, 5) is 38.3. The van der Waals surface area contributed by atoms with Gasteiger partial charge in [0.05, 0.1) is 17.8 Å². The van der Waals surface area contributed by atoms with Crippen molar-refractivity contribution in [1.82, 2.24) is 9.78 Å². The molecule has 0 radical (unpaired) electrons. The lowest BCUT2D eigenvalue weighted by atomic mass is 9.48. The topological polar surface area (TPSA) is 91.4 Å². The van der Waals surface area contributed by atoms with Gasteiger partial charge in [-0.05, 0) is 74.6 Å². The van der Waals surface area contributed by atoms with E-state index in [1.165, 1.54) is 30.6 Å². The van der Waals surface area contributed by atoms with Crippen LogP contribution in [0.3, 0.4) is 0 Å². The fraction of sp³-hybridized carbons (Fsp3) is 0.636. The molecule has 0 aliphatic heterocycles. The molecule has 4 bridgehead atoms. The monoisotopic (exact) mass is 430 g/mol. The van der Waals surface area contributed by atoms with E-state index in [9.17, 15) is 14.4 Å². The number of esters is 1. The van der Waals surface area contributed by atoms with Gasteiger partial charge in [0.1, 0.15) is 0 Å². The second-order valence-corrected chi connectivity index (χ2v) is 10.3. The number of hydrogen-bond acceptors (Lipinski definition) is 7. The molecule has 8 heteroatoms. The van der Waals surface area contributed by atoms with Crippen LogP contribution in [0.25, 0.3) is 10.8 Å². The molecule has 4 saturated carbocycles. The predicted octanol–water partition coefficient (Wildman–Crippen LogP) is 3.67. The average Bonchev–Trinajstić information content (AvgIpc) is 3.34. The smallest absolute Gasteiger partial charge is 0.437 e. The van der Waals surface area contributed by atoms with E-state index < -0.39 is 17.8 Å². The van der Waals surface area contributed by atoms with Crippen LogP contribution in [0.4, 0.5) is 0 Å². The van der Waals surface area contributed by atoms with Crippen molar-refractivity contribution < 1.29 is 18.7 Å².